The summed E-state index contributed by atoms with van der Waals surface area (Å²) in [5.74, 6) is 1.74. The number of halogens is 1. The lowest BCUT2D eigenvalue weighted by atomic mass is 10.2. The fourth-order valence-corrected chi connectivity index (χ4v) is 2.05. The van der Waals surface area contributed by atoms with Crippen LogP contribution in [0, 0.1) is 6.92 Å². The lowest BCUT2D eigenvalue weighted by molar-refractivity contribution is 0.295. The van der Waals surface area contributed by atoms with E-state index in [0.29, 0.717) is 6.61 Å². The molecule has 2 rings (SSSR count). The number of hydrogen-bond donors (Lipinski definition) is 0. The van der Waals surface area contributed by atoms with Gasteiger partial charge in [-0.1, -0.05) is 40.2 Å². The summed E-state index contributed by atoms with van der Waals surface area (Å²) in [6.45, 7) is 2.54. The van der Waals surface area contributed by atoms with Crippen molar-refractivity contribution >= 4 is 15.9 Å². The minimum Gasteiger partial charge on any atom is -0.496 e. The van der Waals surface area contributed by atoms with Crippen LogP contribution in [0.4, 0.5) is 0 Å². The molecule has 0 bridgehead atoms. The highest BCUT2D eigenvalue weighted by molar-refractivity contribution is 9.10. The highest BCUT2D eigenvalue weighted by Gasteiger charge is 2.05. The molecule has 0 spiro atoms. The molecule has 0 N–H and O–H groups in total. The van der Waals surface area contributed by atoms with Gasteiger partial charge in [-0.3, -0.25) is 0 Å². The van der Waals surface area contributed by atoms with Crippen molar-refractivity contribution in [3.63, 3.8) is 0 Å². The van der Waals surface area contributed by atoms with Gasteiger partial charge in [0.05, 0.1) is 7.11 Å². The van der Waals surface area contributed by atoms with Gasteiger partial charge >= 0.3 is 0 Å². The third-order valence-electron chi connectivity index (χ3n) is 2.73. The molecule has 0 fully saturated rings. The van der Waals surface area contributed by atoms with E-state index in [2.05, 4.69) is 15.9 Å². The predicted octanol–water partition coefficient (Wildman–Crippen LogP) is 4.35. The van der Waals surface area contributed by atoms with Gasteiger partial charge in [0.25, 0.3) is 0 Å². The van der Waals surface area contributed by atoms with Crippen LogP contribution in [0.25, 0.3) is 0 Å². The number of hydrogen-bond acceptors (Lipinski definition) is 2. The molecule has 0 aliphatic heterocycles. The van der Waals surface area contributed by atoms with Crippen LogP contribution in [0.3, 0.4) is 0 Å². The lowest BCUT2D eigenvalue weighted by Gasteiger charge is -2.12. The van der Waals surface area contributed by atoms with E-state index < -0.39 is 0 Å². The van der Waals surface area contributed by atoms with Crippen molar-refractivity contribution in [3.8, 4) is 11.5 Å². The van der Waals surface area contributed by atoms with Gasteiger partial charge in [0.2, 0.25) is 0 Å². The maximum atomic E-state index is 5.81. The second kappa shape index (κ2) is 5.91. The van der Waals surface area contributed by atoms with Crippen LogP contribution in [0.5, 0.6) is 11.5 Å². The molecule has 0 saturated heterocycles. The molecule has 2 aromatic carbocycles. The van der Waals surface area contributed by atoms with Gasteiger partial charge in [0.15, 0.2) is 0 Å². The minimum atomic E-state index is 0.501. The number of para-hydroxylation sites is 1. The molecule has 0 amide bonds. The van der Waals surface area contributed by atoms with E-state index >= 15 is 0 Å². The van der Waals surface area contributed by atoms with Crippen molar-refractivity contribution in [1.29, 1.82) is 0 Å². The Kier molecular flexibility index (Phi) is 4.26. The highest BCUT2D eigenvalue weighted by atomic mass is 79.9. The summed E-state index contributed by atoms with van der Waals surface area (Å²) in [7, 11) is 1.67. The summed E-state index contributed by atoms with van der Waals surface area (Å²) in [5, 5.41) is 0. The zero-order valence-electron chi connectivity index (χ0n) is 10.4. The molecule has 0 unspecified atom stereocenters. The molecule has 3 heteroatoms. The molecule has 0 aromatic heterocycles. The minimum absolute atomic E-state index is 0.501. The number of ether oxygens (including phenoxy) is 2. The number of benzene rings is 2. The third kappa shape index (κ3) is 3.05. The maximum absolute atomic E-state index is 5.81. The maximum Gasteiger partial charge on any atom is 0.126 e. The molecule has 0 aliphatic carbocycles. The largest absolute Gasteiger partial charge is 0.496 e. The van der Waals surface area contributed by atoms with Crippen molar-refractivity contribution < 1.29 is 9.47 Å². The van der Waals surface area contributed by atoms with E-state index in [0.717, 1.165) is 27.1 Å². The summed E-state index contributed by atoms with van der Waals surface area (Å²) < 4.78 is 12.1. The van der Waals surface area contributed by atoms with E-state index in [1.807, 2.05) is 49.4 Å². The molecule has 2 nitrogen and oxygen atoms in total. The van der Waals surface area contributed by atoms with Gasteiger partial charge in [0.1, 0.15) is 18.1 Å². The first-order chi connectivity index (χ1) is 8.70. The normalized spacial score (nSPS) is 10.2. The van der Waals surface area contributed by atoms with E-state index in [-0.39, 0.29) is 0 Å². The molecule has 2 aromatic rings. The molecule has 18 heavy (non-hydrogen) atoms. The van der Waals surface area contributed by atoms with Crippen LogP contribution < -0.4 is 9.47 Å². The number of methoxy groups -OCH3 is 1. The van der Waals surface area contributed by atoms with Crippen LogP contribution in [0.15, 0.2) is 46.9 Å². The first-order valence-corrected chi connectivity index (χ1v) is 6.51. The Balaban J connectivity index is 2.13. The van der Waals surface area contributed by atoms with Crippen LogP contribution in [-0.2, 0) is 6.61 Å². The average molecular weight is 307 g/mol. The summed E-state index contributed by atoms with van der Waals surface area (Å²) in [4.78, 5) is 0. The molecule has 0 saturated carbocycles. The first kappa shape index (κ1) is 13.0. The SMILES string of the molecule is COc1cc(Br)ccc1COc1ccccc1C. The summed E-state index contributed by atoms with van der Waals surface area (Å²) in [6, 6.07) is 13.9. The molecule has 0 atom stereocenters. The Hall–Kier alpha value is -1.48. The molecular weight excluding hydrogens is 292 g/mol. The molecule has 0 heterocycles. The van der Waals surface area contributed by atoms with Crippen molar-refractivity contribution in [2.75, 3.05) is 7.11 Å². The quantitative estimate of drug-likeness (QED) is 0.836. The Bertz CT molecular complexity index is 538. The van der Waals surface area contributed by atoms with Crippen LogP contribution in [-0.4, -0.2) is 7.11 Å². The molecule has 0 aliphatic rings. The van der Waals surface area contributed by atoms with Crippen molar-refractivity contribution in [1.82, 2.24) is 0 Å². The Morgan fingerprint density at radius 2 is 1.83 bits per heavy atom. The van der Waals surface area contributed by atoms with E-state index in [4.69, 9.17) is 9.47 Å². The topological polar surface area (TPSA) is 18.5 Å². The second-order valence-electron chi connectivity index (χ2n) is 4.01. The summed E-state index contributed by atoms with van der Waals surface area (Å²) in [6.07, 6.45) is 0. The smallest absolute Gasteiger partial charge is 0.126 e. The monoisotopic (exact) mass is 306 g/mol. The zero-order valence-corrected chi connectivity index (χ0v) is 12.0. The van der Waals surface area contributed by atoms with Gasteiger partial charge in [-0.05, 0) is 30.7 Å². The fraction of sp³-hybridized carbons (Fsp3) is 0.200. The zero-order chi connectivity index (χ0) is 13.0. The van der Waals surface area contributed by atoms with Crippen molar-refractivity contribution in [2.45, 2.75) is 13.5 Å². The fourth-order valence-electron chi connectivity index (χ4n) is 1.71. The van der Waals surface area contributed by atoms with E-state index in [1.54, 1.807) is 7.11 Å². The number of aryl methyl sites for hydroxylation is 1. The Labute approximate surface area is 116 Å². The van der Waals surface area contributed by atoms with Gasteiger partial charge in [-0.15, -0.1) is 0 Å². The van der Waals surface area contributed by atoms with Gasteiger partial charge < -0.3 is 9.47 Å². The molecule has 94 valence electrons. The summed E-state index contributed by atoms with van der Waals surface area (Å²) >= 11 is 3.42. The van der Waals surface area contributed by atoms with Gasteiger partial charge in [0, 0.05) is 10.0 Å². The average Bonchev–Trinajstić information content (AvgIpc) is 2.39. The Morgan fingerprint density at radius 3 is 2.56 bits per heavy atom. The number of rotatable bonds is 4. The van der Waals surface area contributed by atoms with Gasteiger partial charge in [-0.2, -0.15) is 0 Å². The standard InChI is InChI=1S/C15H15BrO2/c1-11-5-3-4-6-14(11)18-10-12-7-8-13(16)9-15(12)17-2/h3-9H,10H2,1-2H3. The van der Waals surface area contributed by atoms with Crippen molar-refractivity contribution in [3.05, 3.63) is 58.1 Å². The van der Waals surface area contributed by atoms with Crippen LogP contribution >= 0.6 is 15.9 Å². The Morgan fingerprint density at radius 1 is 1.06 bits per heavy atom. The first-order valence-electron chi connectivity index (χ1n) is 5.71. The van der Waals surface area contributed by atoms with Crippen molar-refractivity contribution in [2.24, 2.45) is 0 Å². The molecular formula is C15H15BrO2. The highest BCUT2D eigenvalue weighted by Crippen LogP contribution is 2.25. The predicted molar refractivity (Wildman–Crippen MR) is 76.2 cm³/mol. The van der Waals surface area contributed by atoms with Gasteiger partial charge in [-0.25, -0.2) is 0 Å². The third-order valence-corrected chi connectivity index (χ3v) is 3.22. The van der Waals surface area contributed by atoms with Crippen LogP contribution in [0.1, 0.15) is 11.1 Å². The lowest BCUT2D eigenvalue weighted by Crippen LogP contribution is -1.99. The molecule has 0 radical (unpaired) electrons. The van der Waals surface area contributed by atoms with E-state index in [9.17, 15) is 0 Å². The van der Waals surface area contributed by atoms with E-state index in [1.165, 1.54) is 0 Å². The summed E-state index contributed by atoms with van der Waals surface area (Å²) in [5.41, 5.74) is 2.16. The second-order valence-corrected chi connectivity index (χ2v) is 4.93. The van der Waals surface area contributed by atoms with Crippen LogP contribution in [0.2, 0.25) is 0 Å².